The molecule has 0 bridgehead atoms. The van der Waals surface area contributed by atoms with Gasteiger partial charge in [0.1, 0.15) is 67.1 Å². The van der Waals surface area contributed by atoms with Crippen LogP contribution in [0.5, 0.6) is 0 Å². The molecule has 22 nitrogen and oxygen atoms in total. The van der Waals surface area contributed by atoms with E-state index < -0.39 is 140 Å². The third-order valence-electron chi connectivity index (χ3n) is 8.58. The molecule has 0 aromatic carbocycles. The second-order valence-corrected chi connectivity index (χ2v) is 12.8. The SMILES string of the molecule is NC[C@@H]1O[C@H](O[C@H]2[C@@H](O)[C@@H](O[C@@H]3[C@H](O)[C@H](N)C[C@H](N)[C@@H]3O[C@@H]3O[C@H](CN)[C@H](OS(=O)(=O)O)[C@H](O)[C@@H]3N)O[C@H]2CO)[C@H](N)[C@@H](O)[C@@H]1O. The normalized spacial score (nSPS) is 50.5. The molecule has 270 valence electrons. The van der Waals surface area contributed by atoms with Crippen LogP contribution in [0.2, 0.25) is 0 Å². The Bertz CT molecular complexity index is 1100. The van der Waals surface area contributed by atoms with Gasteiger partial charge >= 0.3 is 10.4 Å². The number of hydrogen-bond donors (Lipinski definition) is 13. The van der Waals surface area contributed by atoms with Gasteiger partial charge in [-0.2, -0.15) is 8.42 Å². The molecular weight excluding hydrogens is 648 g/mol. The Morgan fingerprint density at radius 2 is 1.13 bits per heavy atom. The molecule has 19 atom stereocenters. The Hall–Kier alpha value is -0.850. The lowest BCUT2D eigenvalue weighted by atomic mass is 9.84. The van der Waals surface area contributed by atoms with Crippen LogP contribution >= 0.6 is 0 Å². The summed E-state index contributed by atoms with van der Waals surface area (Å²) in [6.07, 6.45) is -21.9. The van der Waals surface area contributed by atoms with Crippen molar-refractivity contribution >= 4 is 10.4 Å². The Morgan fingerprint density at radius 3 is 1.70 bits per heavy atom. The van der Waals surface area contributed by atoms with Crippen molar-refractivity contribution < 1.29 is 76.2 Å². The second-order valence-electron chi connectivity index (χ2n) is 11.7. The lowest BCUT2D eigenvalue weighted by Crippen LogP contribution is -2.68. The summed E-state index contributed by atoms with van der Waals surface area (Å²) in [6.45, 7) is -1.30. The lowest BCUT2D eigenvalue weighted by molar-refractivity contribution is -0.305. The number of nitrogens with two attached hydrogens (primary N) is 6. The average molecular weight is 695 g/mol. The van der Waals surface area contributed by atoms with Crippen molar-refractivity contribution in [3.63, 3.8) is 0 Å². The van der Waals surface area contributed by atoms with Gasteiger partial charge in [0.2, 0.25) is 0 Å². The predicted octanol–water partition coefficient (Wildman–Crippen LogP) is -9.07. The Kier molecular flexibility index (Phi) is 12.7. The van der Waals surface area contributed by atoms with E-state index in [4.69, 9.17) is 67.4 Å². The minimum Gasteiger partial charge on any atom is -0.394 e. The summed E-state index contributed by atoms with van der Waals surface area (Å²) in [5.74, 6) is 0. The van der Waals surface area contributed by atoms with E-state index in [9.17, 15) is 39.1 Å². The first-order chi connectivity index (χ1) is 21.5. The van der Waals surface area contributed by atoms with Crippen LogP contribution in [0.3, 0.4) is 0 Å². The van der Waals surface area contributed by atoms with E-state index in [1.165, 1.54) is 0 Å². The smallest absolute Gasteiger partial charge is 0.394 e. The van der Waals surface area contributed by atoms with Gasteiger partial charge in [0.05, 0.1) is 24.8 Å². The van der Waals surface area contributed by atoms with Gasteiger partial charge in [-0.3, -0.25) is 4.55 Å². The van der Waals surface area contributed by atoms with Crippen molar-refractivity contribution in [2.24, 2.45) is 34.4 Å². The maximum atomic E-state index is 11.3. The van der Waals surface area contributed by atoms with Crippen molar-refractivity contribution in [2.45, 2.75) is 123 Å². The van der Waals surface area contributed by atoms with Crippen LogP contribution in [0.15, 0.2) is 0 Å². The zero-order valence-electron chi connectivity index (χ0n) is 24.5. The van der Waals surface area contributed by atoms with Crippen LogP contribution in [-0.4, -0.2) is 180 Å². The number of ether oxygens (including phenoxy) is 6. The lowest BCUT2D eigenvalue weighted by Gasteiger charge is -2.47. The highest BCUT2D eigenvalue weighted by molar-refractivity contribution is 7.80. The van der Waals surface area contributed by atoms with Gasteiger partial charge in [-0.05, 0) is 6.42 Å². The standard InChI is InChI=1S/C23H46N6O16S/c24-2-7-13(32)14(33)10(28)21(39-7)43-18-9(4-30)41-23(16(18)35)44-20-12(31)5(26)1-6(27)17(20)42-22-11(29)15(34)19(8(3-25)40-22)45-46(36,37)38/h5-23,30-35H,1-4,24-29H2,(H,36,37,38)/t5-,6+,7+,8-,9+,10-,11+,12-,13-,14-,15-,16-,17+,18-,19+,20-,21-,22+,23-/m1/s1. The van der Waals surface area contributed by atoms with Crippen LogP contribution in [0, 0.1) is 0 Å². The number of aliphatic hydroxyl groups excluding tert-OH is 6. The average Bonchev–Trinajstić information content (AvgIpc) is 3.29. The first-order valence-electron chi connectivity index (χ1n) is 14.5. The Labute approximate surface area is 263 Å². The van der Waals surface area contributed by atoms with E-state index in [0.29, 0.717) is 0 Å². The third-order valence-corrected chi connectivity index (χ3v) is 9.04. The molecule has 0 unspecified atom stereocenters. The second kappa shape index (κ2) is 15.4. The van der Waals surface area contributed by atoms with E-state index in [2.05, 4.69) is 4.18 Å². The van der Waals surface area contributed by atoms with E-state index in [1.807, 2.05) is 0 Å². The molecule has 0 aromatic rings. The maximum absolute atomic E-state index is 11.3. The zero-order chi connectivity index (χ0) is 34.2. The molecular formula is C23H46N6O16S. The first-order valence-corrected chi connectivity index (χ1v) is 15.9. The van der Waals surface area contributed by atoms with Gasteiger partial charge < -0.3 is 93.5 Å². The molecule has 4 fully saturated rings. The van der Waals surface area contributed by atoms with Crippen LogP contribution < -0.4 is 34.4 Å². The zero-order valence-corrected chi connectivity index (χ0v) is 25.3. The van der Waals surface area contributed by atoms with Crippen molar-refractivity contribution in [2.75, 3.05) is 19.7 Å². The minimum absolute atomic E-state index is 0.00249. The molecule has 4 aliphatic rings. The molecule has 23 heteroatoms. The van der Waals surface area contributed by atoms with Gasteiger partial charge in [-0.15, -0.1) is 0 Å². The highest BCUT2D eigenvalue weighted by atomic mass is 32.3. The maximum Gasteiger partial charge on any atom is 0.397 e. The number of rotatable bonds is 11. The molecule has 1 saturated carbocycles. The van der Waals surface area contributed by atoms with E-state index in [0.717, 1.165) is 0 Å². The molecule has 1 aliphatic carbocycles. The number of aliphatic hydroxyl groups is 6. The molecule has 0 amide bonds. The first kappa shape index (κ1) is 38.0. The van der Waals surface area contributed by atoms with Crippen LogP contribution in [0.25, 0.3) is 0 Å². The molecule has 0 spiro atoms. The molecule has 19 N–H and O–H groups in total. The molecule has 4 rings (SSSR count). The molecule has 3 saturated heterocycles. The predicted molar refractivity (Wildman–Crippen MR) is 149 cm³/mol. The summed E-state index contributed by atoms with van der Waals surface area (Å²) in [7, 11) is -5.04. The molecule has 3 heterocycles. The molecule has 0 radical (unpaired) electrons. The van der Waals surface area contributed by atoms with Crippen molar-refractivity contribution in [3.8, 4) is 0 Å². The summed E-state index contributed by atoms with van der Waals surface area (Å²) in [4.78, 5) is 0. The van der Waals surface area contributed by atoms with Crippen molar-refractivity contribution in [1.29, 1.82) is 0 Å². The summed E-state index contributed by atoms with van der Waals surface area (Å²) >= 11 is 0. The van der Waals surface area contributed by atoms with Crippen molar-refractivity contribution in [3.05, 3.63) is 0 Å². The van der Waals surface area contributed by atoms with Crippen LogP contribution in [-0.2, 0) is 43.0 Å². The van der Waals surface area contributed by atoms with E-state index in [1.54, 1.807) is 0 Å². The van der Waals surface area contributed by atoms with Crippen LogP contribution in [0.4, 0.5) is 0 Å². The van der Waals surface area contributed by atoms with Gasteiger partial charge in [-0.1, -0.05) is 0 Å². The molecule has 0 aromatic heterocycles. The van der Waals surface area contributed by atoms with E-state index in [-0.39, 0.29) is 13.0 Å². The summed E-state index contributed by atoms with van der Waals surface area (Å²) < 4.78 is 70.7. The largest absolute Gasteiger partial charge is 0.397 e. The monoisotopic (exact) mass is 694 g/mol. The quantitative estimate of drug-likeness (QED) is 0.0892. The fraction of sp³-hybridized carbons (Fsp3) is 1.00. The summed E-state index contributed by atoms with van der Waals surface area (Å²) in [6, 6.07) is -4.70. The van der Waals surface area contributed by atoms with Gasteiger partial charge in [-0.25, -0.2) is 4.18 Å². The number of hydrogen-bond acceptors (Lipinski definition) is 21. The minimum atomic E-state index is -5.04. The topological polar surface area (TPSA) is 396 Å². The van der Waals surface area contributed by atoms with E-state index >= 15 is 0 Å². The highest BCUT2D eigenvalue weighted by Gasteiger charge is 2.54. The summed E-state index contributed by atoms with van der Waals surface area (Å²) in [5.41, 5.74) is 35.7. The molecule has 46 heavy (non-hydrogen) atoms. The van der Waals surface area contributed by atoms with Gasteiger partial charge in [0.15, 0.2) is 18.9 Å². The Morgan fingerprint density at radius 1 is 0.609 bits per heavy atom. The summed E-state index contributed by atoms with van der Waals surface area (Å²) in [5, 5.41) is 63.3. The van der Waals surface area contributed by atoms with Gasteiger partial charge in [0, 0.05) is 25.2 Å². The van der Waals surface area contributed by atoms with Crippen molar-refractivity contribution in [1.82, 2.24) is 0 Å². The Balaban J connectivity index is 1.50. The highest BCUT2D eigenvalue weighted by Crippen LogP contribution is 2.34. The molecule has 3 aliphatic heterocycles. The van der Waals surface area contributed by atoms with Gasteiger partial charge in [0.25, 0.3) is 0 Å². The fourth-order valence-electron chi connectivity index (χ4n) is 5.98. The van der Waals surface area contributed by atoms with Crippen LogP contribution in [0.1, 0.15) is 6.42 Å². The third kappa shape index (κ3) is 7.96. The fourth-order valence-corrected chi connectivity index (χ4v) is 6.50.